The van der Waals surface area contributed by atoms with Gasteiger partial charge in [0.15, 0.2) is 0 Å². The maximum Gasteiger partial charge on any atom is 0.306 e. The van der Waals surface area contributed by atoms with Gasteiger partial charge in [-0.05, 0) is 67.3 Å². The summed E-state index contributed by atoms with van der Waals surface area (Å²) in [5.41, 5.74) is 10.6. The lowest BCUT2D eigenvalue weighted by Gasteiger charge is -2.24. The number of carboxylic acid groups (broad SMARTS) is 2. The molecule has 232 valence electrons. The van der Waals surface area contributed by atoms with E-state index in [1.807, 2.05) is 6.07 Å². The van der Waals surface area contributed by atoms with E-state index in [0.717, 1.165) is 57.2 Å². The smallest absolute Gasteiger partial charge is 0.306 e. The Balaban J connectivity index is 0.000000248. The number of nitrogens with two attached hydrogens (primary N) is 1. The normalized spacial score (nSPS) is 18.3. The van der Waals surface area contributed by atoms with Crippen molar-refractivity contribution >= 4 is 17.5 Å². The molecule has 0 radical (unpaired) electrons. The van der Waals surface area contributed by atoms with Gasteiger partial charge in [0.1, 0.15) is 12.4 Å². The Kier molecular flexibility index (Phi) is 16.6. The molecule has 2 aromatic rings. The van der Waals surface area contributed by atoms with Crippen molar-refractivity contribution in [2.75, 3.05) is 27.2 Å². The summed E-state index contributed by atoms with van der Waals surface area (Å²) < 4.78 is 5.99. The molecule has 7 heteroatoms. The molecule has 2 aliphatic rings. The third-order valence-electron chi connectivity index (χ3n) is 7.88. The molecular weight excluding hydrogens is 528 g/mol. The van der Waals surface area contributed by atoms with E-state index < -0.39 is 11.9 Å². The van der Waals surface area contributed by atoms with Gasteiger partial charge in [-0.1, -0.05) is 81.1 Å². The van der Waals surface area contributed by atoms with E-state index in [9.17, 15) is 9.59 Å². The van der Waals surface area contributed by atoms with Gasteiger partial charge in [-0.3, -0.25) is 9.59 Å². The number of hydrogen-bond acceptors (Lipinski definition) is 4. The topological polar surface area (TPSA) is 114 Å². The highest BCUT2D eigenvalue weighted by atomic mass is 16.5. The molecule has 0 atom stereocenters. The van der Waals surface area contributed by atoms with Crippen LogP contribution >= 0.6 is 0 Å². The first-order valence-electron chi connectivity index (χ1n) is 15.7. The van der Waals surface area contributed by atoms with Crippen molar-refractivity contribution in [3.05, 3.63) is 71.3 Å². The maximum atomic E-state index is 10.5. The zero-order chi connectivity index (χ0) is 30.7. The molecule has 1 saturated carbocycles. The summed E-state index contributed by atoms with van der Waals surface area (Å²) in [5, 5.41) is 16.9. The van der Waals surface area contributed by atoms with Gasteiger partial charge >= 0.3 is 11.9 Å². The van der Waals surface area contributed by atoms with Crippen LogP contribution in [0.25, 0.3) is 5.57 Å². The number of benzene rings is 2. The number of ether oxygens (including phenoxy) is 1. The molecule has 42 heavy (non-hydrogen) atoms. The van der Waals surface area contributed by atoms with E-state index in [0.29, 0.717) is 25.5 Å². The van der Waals surface area contributed by atoms with Crippen LogP contribution in [0.2, 0.25) is 0 Å². The number of para-hydroxylation sites is 1. The molecule has 7 nitrogen and oxygen atoms in total. The van der Waals surface area contributed by atoms with E-state index in [1.165, 1.54) is 46.4 Å². The Morgan fingerprint density at radius 2 is 1.57 bits per heavy atom. The first-order chi connectivity index (χ1) is 20.3. The fourth-order valence-corrected chi connectivity index (χ4v) is 5.27. The molecule has 0 bridgehead atoms. The first-order valence-corrected chi connectivity index (χ1v) is 15.7. The summed E-state index contributed by atoms with van der Waals surface area (Å²) in [6, 6.07) is 16.9. The Hall–Kier alpha value is -3.16. The minimum absolute atomic E-state index is 0.0993. The number of rotatable bonds is 11. The minimum Gasteiger partial charge on any atom is -0.488 e. The van der Waals surface area contributed by atoms with Crippen LogP contribution in [0.4, 0.5) is 0 Å². The van der Waals surface area contributed by atoms with Crippen molar-refractivity contribution in [3.8, 4) is 5.75 Å². The van der Waals surface area contributed by atoms with Crippen LogP contribution < -0.4 is 15.4 Å². The van der Waals surface area contributed by atoms with Crippen LogP contribution in [-0.4, -0.2) is 49.3 Å². The van der Waals surface area contributed by atoms with Gasteiger partial charge in [0, 0.05) is 18.4 Å². The Labute approximate surface area is 252 Å². The first kappa shape index (κ1) is 35.0. The molecule has 0 spiro atoms. The summed E-state index contributed by atoms with van der Waals surface area (Å²) in [5.74, 6) is 0.150. The van der Waals surface area contributed by atoms with E-state index >= 15 is 0 Å². The van der Waals surface area contributed by atoms with Gasteiger partial charge in [0.25, 0.3) is 0 Å². The van der Waals surface area contributed by atoms with Crippen molar-refractivity contribution < 1.29 is 29.4 Å². The van der Waals surface area contributed by atoms with Gasteiger partial charge in [-0.15, -0.1) is 0 Å². The van der Waals surface area contributed by atoms with Crippen LogP contribution in [0, 0.1) is 11.8 Å². The maximum absolute atomic E-state index is 10.5. The third kappa shape index (κ3) is 12.8. The van der Waals surface area contributed by atoms with Gasteiger partial charge in [0.2, 0.25) is 0 Å². The monoisotopic (exact) mass is 581 g/mol. The number of carboxylic acids is 2. The fourth-order valence-electron chi connectivity index (χ4n) is 5.27. The largest absolute Gasteiger partial charge is 0.488 e. The average Bonchev–Trinajstić information content (AvgIpc) is 3.14. The predicted octanol–water partition coefficient (Wildman–Crippen LogP) is 5.81. The molecule has 4 rings (SSSR count). The lowest BCUT2D eigenvalue weighted by molar-refractivity contribution is -0.857. The number of carbonyl (C=O) groups is 2. The summed E-state index contributed by atoms with van der Waals surface area (Å²) in [4.78, 5) is 22.0. The van der Waals surface area contributed by atoms with E-state index in [1.54, 1.807) is 0 Å². The molecule has 0 unspecified atom stereocenters. The highest BCUT2D eigenvalue weighted by Gasteiger charge is 2.24. The molecule has 1 fully saturated rings. The van der Waals surface area contributed by atoms with E-state index in [2.05, 4.69) is 69.6 Å². The summed E-state index contributed by atoms with van der Waals surface area (Å²) in [6.45, 7) is 4.64. The zero-order valence-electron chi connectivity index (χ0n) is 25.9. The Morgan fingerprint density at radius 1 is 0.929 bits per heavy atom. The van der Waals surface area contributed by atoms with Crippen molar-refractivity contribution in [2.45, 2.75) is 84.2 Å². The summed E-state index contributed by atoms with van der Waals surface area (Å²) >= 11 is 0. The highest BCUT2D eigenvalue weighted by Crippen LogP contribution is 2.36. The number of aliphatic carboxylic acids is 2. The van der Waals surface area contributed by atoms with Crippen LogP contribution in [-0.2, 0) is 16.2 Å². The Bertz CT molecular complexity index is 1060. The molecule has 1 aliphatic heterocycles. The number of fused-ring (bicyclic) bond motifs is 2. The van der Waals surface area contributed by atoms with Crippen molar-refractivity contribution in [3.63, 3.8) is 0 Å². The zero-order valence-corrected chi connectivity index (χ0v) is 25.9. The summed E-state index contributed by atoms with van der Waals surface area (Å²) in [6.07, 6.45) is 12.9. The lowest BCUT2D eigenvalue weighted by Crippen LogP contribution is -3.05. The molecule has 2 aromatic carbocycles. The number of hydrogen-bond donors (Lipinski definition) is 4. The molecule has 1 aliphatic carbocycles. The standard InChI is InChI=1S/C19H21NO.C8H15NO2.C8H16O2/c1-20(2)13-7-11-17-16-9-4-3-8-15(16)14-21-19-12-6-5-10-18(17)19;9-5-6-1-3-7(4-2-6)8(10)11;1-2-3-4-5-6-7-8(9)10/h3-6,8-12H,7,13-14H2,1-2H3;6-7H,1-5,9H2,(H,10,11);2-7H2,1H3,(H,9,10)/p+1/b17-11+;;. The molecule has 5 N–H and O–H groups in total. The van der Waals surface area contributed by atoms with Crippen molar-refractivity contribution in [1.82, 2.24) is 0 Å². The van der Waals surface area contributed by atoms with Crippen molar-refractivity contribution in [2.24, 2.45) is 17.6 Å². The molecule has 0 aromatic heterocycles. The quantitative estimate of drug-likeness (QED) is 0.249. The van der Waals surface area contributed by atoms with E-state index in [-0.39, 0.29) is 5.92 Å². The van der Waals surface area contributed by atoms with Crippen molar-refractivity contribution in [1.29, 1.82) is 0 Å². The van der Waals surface area contributed by atoms with Crippen LogP contribution in [0.1, 0.15) is 94.2 Å². The summed E-state index contributed by atoms with van der Waals surface area (Å²) in [7, 11) is 4.38. The second kappa shape index (κ2) is 19.9. The van der Waals surface area contributed by atoms with Crippen LogP contribution in [0.5, 0.6) is 5.75 Å². The van der Waals surface area contributed by atoms with Gasteiger partial charge in [-0.25, -0.2) is 0 Å². The Morgan fingerprint density at radius 3 is 2.19 bits per heavy atom. The minimum atomic E-state index is -0.670. The van der Waals surface area contributed by atoms with Crippen LogP contribution in [0.15, 0.2) is 54.6 Å². The number of unbranched alkanes of at least 4 members (excludes halogenated alkanes) is 4. The average molecular weight is 582 g/mol. The third-order valence-corrected chi connectivity index (χ3v) is 7.88. The fraction of sp³-hybridized carbons (Fsp3) is 0.543. The lowest BCUT2D eigenvalue weighted by atomic mass is 9.82. The molecule has 0 saturated heterocycles. The van der Waals surface area contributed by atoms with E-state index in [4.69, 9.17) is 20.7 Å². The van der Waals surface area contributed by atoms with Crippen LogP contribution in [0.3, 0.4) is 0 Å². The molecule has 0 amide bonds. The second-order valence-electron chi connectivity index (χ2n) is 11.7. The van der Waals surface area contributed by atoms with Gasteiger partial charge < -0.3 is 25.6 Å². The SMILES string of the molecule is CCCCCCCC(=O)O.C[NH+](C)CC/C=C1\c2ccccc2COc2ccccc21.NCC1CCC(C(=O)O)CC1. The highest BCUT2D eigenvalue weighted by molar-refractivity contribution is 5.84. The molecular formula is C35H53N2O5+. The molecule has 1 heterocycles. The number of nitrogens with one attached hydrogen (secondary N) is 1. The van der Waals surface area contributed by atoms with Gasteiger partial charge in [0.05, 0.1) is 26.6 Å². The number of quaternary nitrogens is 1. The second-order valence-corrected chi connectivity index (χ2v) is 11.7. The van der Waals surface area contributed by atoms with Gasteiger partial charge in [-0.2, -0.15) is 0 Å². The predicted molar refractivity (Wildman–Crippen MR) is 170 cm³/mol.